The number of piperazine rings is 1. The summed E-state index contributed by atoms with van der Waals surface area (Å²) >= 11 is 1.59. The number of phenolic OH excluding ortho intramolecular Hbond substituents is 1. The van der Waals surface area contributed by atoms with Gasteiger partial charge in [0.25, 0.3) is 0 Å². The molecule has 19 heteroatoms. The van der Waals surface area contributed by atoms with Crippen LogP contribution in [0.5, 0.6) is 5.75 Å². The number of thiazole rings is 1. The van der Waals surface area contributed by atoms with Crippen LogP contribution in [-0.4, -0.2) is 150 Å². The molecule has 5 fully saturated rings. The highest BCUT2D eigenvalue weighted by molar-refractivity contribution is 7.13. The van der Waals surface area contributed by atoms with Crippen LogP contribution in [0.25, 0.3) is 21.7 Å². The fourth-order valence-electron chi connectivity index (χ4n) is 11.6. The summed E-state index contributed by atoms with van der Waals surface area (Å²) in [6.45, 7) is 12.6. The van der Waals surface area contributed by atoms with Gasteiger partial charge in [-0.3, -0.25) is 9.59 Å². The SMILES string of the molecule is Cc1ncsc1-c1ccc(CNC(=O)C2C[C@@H](O)CN2C(=O)[C@@H](NC(=O)N2CCC(N3CCC(c4cnc(N5C6CCC5CN(c5cc(-c7ccccc7O)nnc5N)C6)nc4)CC3)CC2)C(C)(C)C)cc1. The highest BCUT2D eigenvalue weighted by Gasteiger charge is 2.46. The van der Waals surface area contributed by atoms with Crippen molar-refractivity contribution in [3.63, 3.8) is 0 Å². The van der Waals surface area contributed by atoms with Gasteiger partial charge in [0, 0.05) is 81.8 Å². The molecule has 0 spiro atoms. The molecule has 6 N–H and O–H groups in total. The summed E-state index contributed by atoms with van der Waals surface area (Å²) in [5.74, 6) is 0.972. The van der Waals surface area contributed by atoms with Gasteiger partial charge in [0.1, 0.15) is 17.8 Å². The minimum Gasteiger partial charge on any atom is -0.507 e. The summed E-state index contributed by atoms with van der Waals surface area (Å²) in [5.41, 5.74) is 13.7. The molecule has 5 saturated heterocycles. The van der Waals surface area contributed by atoms with Crippen molar-refractivity contribution in [3.8, 4) is 27.4 Å². The van der Waals surface area contributed by atoms with E-state index in [9.17, 15) is 24.6 Å². The average Bonchev–Trinajstić information content (AvgIpc) is 4.08. The minimum absolute atomic E-state index is 0.0236. The number of rotatable bonds is 11. The van der Waals surface area contributed by atoms with Gasteiger partial charge in [-0.05, 0) is 105 Å². The number of aliphatic hydroxyl groups is 1. The Bertz CT molecular complexity index is 2720. The number of para-hydroxylation sites is 1. The molecule has 5 aliphatic rings. The first-order chi connectivity index (χ1) is 34.7. The van der Waals surface area contributed by atoms with Gasteiger partial charge in [-0.2, -0.15) is 0 Å². The number of anilines is 3. The number of aryl methyl sites for hydroxylation is 1. The van der Waals surface area contributed by atoms with Crippen LogP contribution in [0, 0.1) is 12.3 Å². The van der Waals surface area contributed by atoms with Gasteiger partial charge in [-0.15, -0.1) is 21.5 Å². The molecule has 2 bridgehead atoms. The Morgan fingerprint density at radius 1 is 0.861 bits per heavy atom. The number of nitrogens with zero attached hydrogens (tertiary/aromatic N) is 10. The van der Waals surface area contributed by atoms with Crippen molar-refractivity contribution in [1.29, 1.82) is 0 Å². The van der Waals surface area contributed by atoms with Gasteiger partial charge >= 0.3 is 6.03 Å². The number of nitrogen functional groups attached to an aromatic ring is 1. The predicted molar refractivity (Wildman–Crippen MR) is 277 cm³/mol. The van der Waals surface area contributed by atoms with Crippen molar-refractivity contribution in [1.82, 2.24) is 50.5 Å². The van der Waals surface area contributed by atoms with Gasteiger partial charge in [0.15, 0.2) is 5.82 Å². The molecule has 0 aliphatic carbocycles. The van der Waals surface area contributed by atoms with E-state index in [1.54, 1.807) is 23.5 Å². The second kappa shape index (κ2) is 20.6. The first-order valence-electron chi connectivity index (χ1n) is 25.5. The van der Waals surface area contributed by atoms with Gasteiger partial charge < -0.3 is 51.1 Å². The Labute approximate surface area is 425 Å². The smallest absolute Gasteiger partial charge is 0.318 e. The van der Waals surface area contributed by atoms with Crippen LogP contribution in [0.2, 0.25) is 0 Å². The molecule has 0 saturated carbocycles. The molecule has 2 aromatic carbocycles. The number of benzene rings is 2. The molecule has 5 aliphatic heterocycles. The molecular formula is C53H67N13O5S. The largest absolute Gasteiger partial charge is 0.507 e. The Kier molecular flexibility index (Phi) is 14.1. The van der Waals surface area contributed by atoms with Gasteiger partial charge in [0.2, 0.25) is 17.8 Å². The third-order valence-electron chi connectivity index (χ3n) is 15.6. The average molecular weight is 998 g/mol. The van der Waals surface area contributed by atoms with Crippen LogP contribution in [0.1, 0.15) is 88.5 Å². The van der Waals surface area contributed by atoms with Crippen LogP contribution in [0.15, 0.2) is 72.5 Å². The lowest BCUT2D eigenvalue weighted by Crippen LogP contribution is -2.60. The summed E-state index contributed by atoms with van der Waals surface area (Å²) < 4.78 is 0. The predicted octanol–water partition coefficient (Wildman–Crippen LogP) is 5.56. The number of amides is 4. The monoisotopic (exact) mass is 998 g/mol. The maximum absolute atomic E-state index is 14.3. The number of fused-ring (bicyclic) bond motifs is 2. The number of likely N-dealkylation sites (tertiary alicyclic amines) is 3. The summed E-state index contributed by atoms with van der Waals surface area (Å²) in [6, 6.07) is 15.8. The fraction of sp³-hybridized carbons (Fsp3) is 0.509. The van der Waals surface area contributed by atoms with Crippen LogP contribution < -0.4 is 26.2 Å². The summed E-state index contributed by atoms with van der Waals surface area (Å²) in [7, 11) is 0. The van der Waals surface area contributed by atoms with E-state index in [1.807, 2.05) is 93.0 Å². The molecule has 18 nitrogen and oxygen atoms in total. The summed E-state index contributed by atoms with van der Waals surface area (Å²) in [6.07, 6.45) is 9.12. The van der Waals surface area contributed by atoms with E-state index in [-0.39, 0.29) is 55.2 Å². The van der Waals surface area contributed by atoms with Crippen molar-refractivity contribution in [2.45, 2.75) is 121 Å². The van der Waals surface area contributed by atoms with E-state index < -0.39 is 23.6 Å². The van der Waals surface area contributed by atoms with Crippen LogP contribution >= 0.6 is 11.3 Å². The molecule has 380 valence electrons. The molecule has 0 radical (unpaired) electrons. The normalized spacial score (nSPS) is 22.6. The number of aromatic hydroxyl groups is 1. The van der Waals surface area contributed by atoms with Crippen molar-refractivity contribution in [3.05, 3.63) is 89.3 Å². The number of aliphatic hydroxyl groups excluding tert-OH is 1. The lowest BCUT2D eigenvalue weighted by Gasteiger charge is -2.43. The minimum atomic E-state index is -0.898. The van der Waals surface area contributed by atoms with E-state index in [2.05, 4.69) is 40.5 Å². The maximum atomic E-state index is 14.3. The zero-order valence-corrected chi connectivity index (χ0v) is 42.5. The number of carbonyl (C=O) groups excluding carboxylic acids is 3. The number of nitrogens with one attached hydrogen (secondary N) is 2. The molecule has 3 aromatic heterocycles. The number of piperidine rings is 2. The Balaban J connectivity index is 0.686. The zero-order valence-electron chi connectivity index (χ0n) is 41.7. The number of hydrogen-bond acceptors (Lipinski definition) is 15. The highest BCUT2D eigenvalue weighted by atomic mass is 32.1. The van der Waals surface area contributed by atoms with Crippen molar-refractivity contribution >= 4 is 46.6 Å². The molecule has 3 unspecified atom stereocenters. The second-order valence-electron chi connectivity index (χ2n) is 21.4. The number of aromatic nitrogens is 5. The van der Waals surface area contributed by atoms with Crippen molar-refractivity contribution in [2.24, 2.45) is 5.41 Å². The number of phenols is 1. The van der Waals surface area contributed by atoms with Crippen LogP contribution in [-0.2, 0) is 16.1 Å². The lowest BCUT2D eigenvalue weighted by molar-refractivity contribution is -0.142. The van der Waals surface area contributed by atoms with E-state index in [0.717, 1.165) is 98.0 Å². The fourth-order valence-corrected chi connectivity index (χ4v) is 12.4. The van der Waals surface area contributed by atoms with Gasteiger partial charge in [-0.1, -0.05) is 57.2 Å². The number of hydrogen-bond donors (Lipinski definition) is 5. The number of urea groups is 1. The molecule has 8 heterocycles. The number of nitrogens with two attached hydrogens (primary N) is 1. The number of carbonyl (C=O) groups is 3. The molecule has 5 atom stereocenters. The van der Waals surface area contributed by atoms with E-state index >= 15 is 0 Å². The van der Waals surface area contributed by atoms with Crippen LogP contribution in [0.3, 0.4) is 0 Å². The van der Waals surface area contributed by atoms with Gasteiger partial charge in [0.05, 0.1) is 33.6 Å². The highest BCUT2D eigenvalue weighted by Crippen LogP contribution is 2.39. The van der Waals surface area contributed by atoms with E-state index in [4.69, 9.17) is 15.7 Å². The third-order valence-corrected chi connectivity index (χ3v) is 16.6. The first-order valence-corrected chi connectivity index (χ1v) is 26.4. The second-order valence-corrected chi connectivity index (χ2v) is 22.2. The zero-order chi connectivity index (χ0) is 50.3. The topological polar surface area (TPSA) is 222 Å². The molecule has 4 amide bonds. The third kappa shape index (κ3) is 10.3. The molecule has 10 rings (SSSR count). The molecular weight excluding hydrogens is 931 g/mol. The van der Waals surface area contributed by atoms with Crippen molar-refractivity contribution < 1.29 is 24.6 Å². The Morgan fingerprint density at radius 2 is 1.56 bits per heavy atom. The quantitative estimate of drug-likeness (QED) is 0.109. The molecule has 5 aromatic rings. The number of β-amino-alcohol motifs (C(OH)–C–C–N with tert-alkyl or cyclic N) is 1. The van der Waals surface area contributed by atoms with Gasteiger partial charge in [-0.25, -0.2) is 19.7 Å². The molecule has 72 heavy (non-hydrogen) atoms. The Morgan fingerprint density at radius 3 is 2.21 bits per heavy atom. The summed E-state index contributed by atoms with van der Waals surface area (Å²) in [5, 5.41) is 35.8. The van der Waals surface area contributed by atoms with Crippen LogP contribution in [0.4, 0.5) is 22.2 Å². The Hall–Kier alpha value is -6.44. The van der Waals surface area contributed by atoms with E-state index in [0.29, 0.717) is 42.1 Å². The maximum Gasteiger partial charge on any atom is 0.318 e. The summed E-state index contributed by atoms with van der Waals surface area (Å²) in [4.78, 5) is 67.7. The van der Waals surface area contributed by atoms with Crippen molar-refractivity contribution in [2.75, 3.05) is 61.3 Å². The lowest BCUT2D eigenvalue weighted by atomic mass is 9.85. The first kappa shape index (κ1) is 49.2. The standard InChI is InChI=1S/C53H67N13O5S/c1-32-46(72-31-58-32)35-11-9-33(10-12-35)25-55-49(69)44-23-40(67)30-65(44)50(70)47(53(2,3)4)59-52(71)63-21-17-37(18-22-63)62-19-15-34(16-20-62)36-26-56-51(57-27-36)66-38-13-14-39(66)29-64(28-38)43-24-42(60-61-48(43)54)41-7-5-6-8-45(41)68/h5-12,24,26-27,31,34,37-40,44,47,67-68H,13-23,25,28-30H2,1-4H3,(H2,54,61)(H,55,69)(H,59,71)/t38?,39?,40-,44?,47-/m1/s1. The van der Waals surface area contributed by atoms with E-state index in [1.165, 1.54) is 10.5 Å².